The number of allylic oxidation sites excluding steroid dienone is 4. The second kappa shape index (κ2) is 15.6. The number of nitrogen functional groups attached to an aromatic ring is 1. The van der Waals surface area contributed by atoms with Crippen molar-refractivity contribution in [1.29, 1.82) is 0 Å². The predicted octanol–water partition coefficient (Wildman–Crippen LogP) is 13.0. The standard InChI is InChI=1S/C18H12O.C18H14O.C12H11N/c1-2-7-13(8-3-1)14-10-6-11-16-15-9-4-5-12-17(15)19-18(14)16;1-14-8-5-6-13-19-18-16(14)11-7-12-17(18)15-9-3-2-4-10-15;13-12-8-6-11(7-9-12)10-4-2-1-3-5-10/h1-12H;2-13H,1H2;1-9H,13H2/b;8-5-,13-6-;. The first-order valence-electron chi connectivity index (χ1n) is 16.9. The monoisotopic (exact) mass is 659 g/mol. The van der Waals surface area contributed by atoms with E-state index in [1.54, 1.807) is 6.26 Å². The average Bonchev–Trinajstić information content (AvgIpc) is 3.58. The third-order valence-corrected chi connectivity index (χ3v) is 8.63. The number of nitrogens with two attached hydrogens (primary N) is 1. The van der Waals surface area contributed by atoms with Crippen molar-refractivity contribution in [3.63, 3.8) is 0 Å². The molecule has 0 amide bonds. The van der Waals surface area contributed by atoms with E-state index in [0.717, 1.165) is 50.4 Å². The van der Waals surface area contributed by atoms with Crippen LogP contribution in [-0.2, 0) is 0 Å². The summed E-state index contributed by atoms with van der Waals surface area (Å²) in [6.45, 7) is 4.09. The van der Waals surface area contributed by atoms with Crippen molar-refractivity contribution in [1.82, 2.24) is 0 Å². The quantitative estimate of drug-likeness (QED) is 0.192. The fourth-order valence-corrected chi connectivity index (χ4v) is 6.07. The van der Waals surface area contributed by atoms with Crippen molar-refractivity contribution in [2.45, 2.75) is 0 Å². The maximum absolute atomic E-state index is 6.04. The van der Waals surface area contributed by atoms with Gasteiger partial charge >= 0.3 is 0 Å². The van der Waals surface area contributed by atoms with Crippen LogP contribution in [0.25, 0.3) is 60.9 Å². The molecule has 0 bridgehead atoms. The van der Waals surface area contributed by atoms with Crippen molar-refractivity contribution in [2.75, 3.05) is 5.73 Å². The minimum atomic E-state index is 0.805. The van der Waals surface area contributed by atoms with Crippen LogP contribution >= 0.6 is 0 Å². The number of rotatable bonds is 3. The normalized spacial score (nSPS) is 12.9. The van der Waals surface area contributed by atoms with Crippen LogP contribution in [0.1, 0.15) is 5.56 Å². The van der Waals surface area contributed by atoms with E-state index in [2.05, 4.69) is 85.4 Å². The van der Waals surface area contributed by atoms with Crippen LogP contribution in [0.5, 0.6) is 5.75 Å². The number of furan rings is 1. The summed E-state index contributed by atoms with van der Waals surface area (Å²) in [6.07, 6.45) is 7.50. The van der Waals surface area contributed by atoms with E-state index in [9.17, 15) is 0 Å². The number of hydrogen-bond acceptors (Lipinski definition) is 3. The van der Waals surface area contributed by atoms with Gasteiger partial charge in [0.25, 0.3) is 0 Å². The zero-order valence-corrected chi connectivity index (χ0v) is 28.2. The van der Waals surface area contributed by atoms with Crippen LogP contribution in [0.3, 0.4) is 0 Å². The Balaban J connectivity index is 0.000000122. The van der Waals surface area contributed by atoms with Crippen LogP contribution in [-0.4, -0.2) is 0 Å². The molecule has 0 atom stereocenters. The first kappa shape index (κ1) is 32.7. The van der Waals surface area contributed by atoms with E-state index in [-0.39, 0.29) is 0 Å². The Labute approximate surface area is 298 Å². The lowest BCUT2D eigenvalue weighted by molar-refractivity contribution is 0.481. The van der Waals surface area contributed by atoms with Crippen LogP contribution in [0.4, 0.5) is 5.69 Å². The Kier molecular flexibility index (Phi) is 9.99. The minimum Gasteiger partial charge on any atom is -0.464 e. The molecule has 2 heterocycles. The molecular weight excluding hydrogens is 623 g/mol. The second-order valence-electron chi connectivity index (χ2n) is 12.0. The van der Waals surface area contributed by atoms with Crippen molar-refractivity contribution in [2.24, 2.45) is 0 Å². The van der Waals surface area contributed by atoms with Crippen molar-refractivity contribution in [3.05, 3.63) is 213 Å². The van der Waals surface area contributed by atoms with Gasteiger partial charge in [-0.15, -0.1) is 0 Å². The lowest BCUT2D eigenvalue weighted by Gasteiger charge is -2.15. The molecule has 0 saturated heterocycles. The van der Waals surface area contributed by atoms with Crippen molar-refractivity contribution in [3.8, 4) is 39.1 Å². The van der Waals surface area contributed by atoms with E-state index in [1.807, 2.05) is 115 Å². The van der Waals surface area contributed by atoms with Gasteiger partial charge in [0.05, 0.1) is 6.26 Å². The Morgan fingerprint density at radius 2 is 0.961 bits per heavy atom. The molecule has 7 aromatic carbocycles. The fraction of sp³-hybridized carbons (Fsp3) is 0. The molecule has 51 heavy (non-hydrogen) atoms. The summed E-state index contributed by atoms with van der Waals surface area (Å²) >= 11 is 0. The molecule has 1 aliphatic heterocycles. The molecule has 0 spiro atoms. The zero-order valence-electron chi connectivity index (χ0n) is 28.2. The van der Waals surface area contributed by atoms with Gasteiger partial charge in [-0.25, -0.2) is 0 Å². The zero-order chi connectivity index (χ0) is 34.8. The molecule has 0 fully saturated rings. The summed E-state index contributed by atoms with van der Waals surface area (Å²) in [7, 11) is 0. The third kappa shape index (κ3) is 7.59. The first-order chi connectivity index (χ1) is 25.2. The largest absolute Gasteiger partial charge is 0.464 e. The van der Waals surface area contributed by atoms with E-state index < -0.39 is 0 Å². The number of benzene rings is 7. The molecule has 9 rings (SSSR count). The third-order valence-electron chi connectivity index (χ3n) is 8.63. The van der Waals surface area contributed by atoms with Gasteiger partial charge in [-0.2, -0.15) is 0 Å². The lowest BCUT2D eigenvalue weighted by atomic mass is 9.97. The van der Waals surface area contributed by atoms with Gasteiger partial charge in [0.15, 0.2) is 0 Å². The number of para-hydroxylation sites is 3. The van der Waals surface area contributed by atoms with Gasteiger partial charge in [0.2, 0.25) is 0 Å². The summed E-state index contributed by atoms with van der Waals surface area (Å²) in [6, 6.07) is 59.4. The molecular formula is C48H37NO2. The first-order valence-corrected chi connectivity index (χ1v) is 16.9. The predicted molar refractivity (Wildman–Crippen MR) is 215 cm³/mol. The number of ether oxygens (including phenoxy) is 1. The highest BCUT2D eigenvalue weighted by Crippen LogP contribution is 2.38. The molecule has 3 nitrogen and oxygen atoms in total. The Morgan fingerprint density at radius 3 is 1.67 bits per heavy atom. The van der Waals surface area contributed by atoms with Gasteiger partial charge in [-0.3, -0.25) is 0 Å². The van der Waals surface area contributed by atoms with Crippen molar-refractivity contribution < 1.29 is 9.15 Å². The molecule has 0 aliphatic carbocycles. The maximum Gasteiger partial charge on any atom is 0.143 e. The van der Waals surface area contributed by atoms with E-state index >= 15 is 0 Å². The van der Waals surface area contributed by atoms with E-state index in [1.165, 1.54) is 27.5 Å². The summed E-state index contributed by atoms with van der Waals surface area (Å²) < 4.78 is 11.8. The second-order valence-corrected chi connectivity index (χ2v) is 12.0. The van der Waals surface area contributed by atoms with Crippen molar-refractivity contribution >= 4 is 33.2 Å². The highest BCUT2D eigenvalue weighted by atomic mass is 16.5. The van der Waals surface area contributed by atoms with Crippen LogP contribution < -0.4 is 10.5 Å². The molecule has 1 aliphatic rings. The van der Waals surface area contributed by atoms with E-state index in [4.69, 9.17) is 14.9 Å². The average molecular weight is 660 g/mol. The molecule has 1 aromatic heterocycles. The van der Waals surface area contributed by atoms with Gasteiger partial charge in [0.1, 0.15) is 16.9 Å². The molecule has 8 aromatic rings. The fourth-order valence-electron chi connectivity index (χ4n) is 6.07. The number of hydrogen-bond donors (Lipinski definition) is 1. The van der Waals surface area contributed by atoms with Crippen LogP contribution in [0.2, 0.25) is 0 Å². The molecule has 0 saturated carbocycles. The molecule has 0 unspecified atom stereocenters. The Hall–Kier alpha value is -6.84. The maximum atomic E-state index is 6.04. The SMILES string of the molecule is C=C1/C=C\C=C/Oc2c1cccc2-c1ccccc1.Nc1ccc(-c2ccccc2)cc1.c1ccc(-c2cccc3c2oc2ccccc23)cc1. The van der Waals surface area contributed by atoms with Crippen LogP contribution in [0.15, 0.2) is 211 Å². The van der Waals surface area contributed by atoms with E-state index in [0.29, 0.717) is 0 Å². The highest BCUT2D eigenvalue weighted by Gasteiger charge is 2.13. The summed E-state index contributed by atoms with van der Waals surface area (Å²) in [5.41, 5.74) is 17.3. The minimum absolute atomic E-state index is 0.805. The smallest absolute Gasteiger partial charge is 0.143 e. The molecule has 3 heteroatoms. The summed E-state index contributed by atoms with van der Waals surface area (Å²) in [5.74, 6) is 0.860. The summed E-state index contributed by atoms with van der Waals surface area (Å²) in [5, 5.41) is 2.35. The summed E-state index contributed by atoms with van der Waals surface area (Å²) in [4.78, 5) is 0. The van der Waals surface area contributed by atoms with Gasteiger partial charge in [0, 0.05) is 33.2 Å². The van der Waals surface area contributed by atoms with Gasteiger partial charge in [-0.1, -0.05) is 176 Å². The van der Waals surface area contributed by atoms with Gasteiger partial charge < -0.3 is 14.9 Å². The van der Waals surface area contributed by atoms with Gasteiger partial charge in [-0.05, 0) is 52.1 Å². The Bertz CT molecular complexity index is 2440. The van der Waals surface area contributed by atoms with Crippen LogP contribution in [0, 0.1) is 0 Å². The Morgan fingerprint density at radius 1 is 0.431 bits per heavy atom. The molecule has 2 N–H and O–H groups in total. The highest BCUT2D eigenvalue weighted by molar-refractivity contribution is 6.09. The lowest BCUT2D eigenvalue weighted by Crippen LogP contribution is -1.94. The topological polar surface area (TPSA) is 48.4 Å². The number of anilines is 1. The molecule has 246 valence electrons. The molecule has 0 radical (unpaired) electrons. The number of fused-ring (bicyclic) bond motifs is 4.